The Bertz CT molecular complexity index is 523. The Morgan fingerprint density at radius 3 is 2.16 bits per heavy atom. The number of carbonyl (C=O) groups is 2. The highest BCUT2D eigenvalue weighted by molar-refractivity contribution is 5.99. The van der Waals surface area contributed by atoms with Gasteiger partial charge in [0.05, 0.1) is 7.11 Å². The average Bonchev–Trinajstić information content (AvgIpc) is 3.09. The summed E-state index contributed by atoms with van der Waals surface area (Å²) < 4.78 is 5.24. The van der Waals surface area contributed by atoms with E-state index in [9.17, 15) is 9.59 Å². The molecule has 0 aromatic heterocycles. The summed E-state index contributed by atoms with van der Waals surface area (Å²) in [6.07, 6.45) is 0.977. The number of ether oxygens (including phenoxy) is 1. The van der Waals surface area contributed by atoms with Crippen LogP contribution in [0.2, 0.25) is 0 Å². The van der Waals surface area contributed by atoms with Crippen molar-refractivity contribution in [3.63, 3.8) is 0 Å². The Balaban J connectivity index is 2.23. The summed E-state index contributed by atoms with van der Waals surface area (Å²) in [7, 11) is 1.58. The second kappa shape index (κ2) is 4.57. The minimum Gasteiger partial charge on any atom is -0.496 e. The molecule has 0 radical (unpaired) electrons. The van der Waals surface area contributed by atoms with Crippen LogP contribution in [-0.2, 0) is 4.79 Å². The van der Waals surface area contributed by atoms with Crippen LogP contribution < -0.4 is 10.1 Å². The molecule has 1 aromatic rings. The third kappa shape index (κ3) is 2.41. The molecule has 1 aliphatic carbocycles. The molecule has 19 heavy (non-hydrogen) atoms. The minimum absolute atomic E-state index is 0.353. The van der Waals surface area contributed by atoms with Gasteiger partial charge in [-0.15, -0.1) is 0 Å². The lowest BCUT2D eigenvalue weighted by Gasteiger charge is -2.14. The topological polar surface area (TPSA) is 75.6 Å². The highest BCUT2D eigenvalue weighted by atomic mass is 16.5. The summed E-state index contributed by atoms with van der Waals surface area (Å²) >= 11 is 0. The third-order valence-corrected chi connectivity index (χ3v) is 3.44. The van der Waals surface area contributed by atoms with Gasteiger partial charge in [0.25, 0.3) is 5.91 Å². The standard InChI is InChI=1S/C14H17NO4/c1-8-6-10(7-9(2)11(8)19-3)12(16)15-14(4-5-14)13(17)18/h6-7H,4-5H2,1-3H3,(H,15,16)(H,17,18). The Morgan fingerprint density at radius 2 is 1.79 bits per heavy atom. The van der Waals surface area contributed by atoms with E-state index in [4.69, 9.17) is 9.84 Å². The first-order valence-corrected chi connectivity index (χ1v) is 6.11. The van der Waals surface area contributed by atoms with Gasteiger partial charge in [-0.05, 0) is 49.9 Å². The summed E-state index contributed by atoms with van der Waals surface area (Å²) in [4.78, 5) is 23.1. The maximum Gasteiger partial charge on any atom is 0.329 e. The van der Waals surface area contributed by atoms with Gasteiger partial charge in [-0.3, -0.25) is 4.79 Å². The molecule has 0 heterocycles. The normalized spacial score (nSPS) is 15.7. The van der Waals surface area contributed by atoms with Crippen LogP contribution in [-0.4, -0.2) is 29.6 Å². The summed E-state index contributed by atoms with van der Waals surface area (Å²) in [5.41, 5.74) is 1.11. The van der Waals surface area contributed by atoms with Gasteiger partial charge in [-0.2, -0.15) is 0 Å². The number of carboxylic acid groups (broad SMARTS) is 1. The fraction of sp³-hybridized carbons (Fsp3) is 0.429. The van der Waals surface area contributed by atoms with E-state index in [2.05, 4.69) is 5.32 Å². The van der Waals surface area contributed by atoms with Gasteiger partial charge in [-0.1, -0.05) is 0 Å². The van der Waals surface area contributed by atoms with E-state index in [0.717, 1.165) is 16.9 Å². The van der Waals surface area contributed by atoms with Gasteiger partial charge in [0, 0.05) is 5.56 Å². The van der Waals surface area contributed by atoms with Crippen LogP contribution in [0.15, 0.2) is 12.1 Å². The van der Waals surface area contributed by atoms with Crippen LogP contribution in [0.4, 0.5) is 0 Å². The summed E-state index contributed by atoms with van der Waals surface area (Å²) in [5, 5.41) is 11.7. The number of nitrogens with one attached hydrogen (secondary N) is 1. The minimum atomic E-state index is -1.06. The first-order chi connectivity index (χ1) is 8.89. The number of aryl methyl sites for hydroxylation is 2. The number of rotatable bonds is 4. The van der Waals surface area contributed by atoms with Gasteiger partial charge in [0.2, 0.25) is 0 Å². The van der Waals surface area contributed by atoms with Crippen LogP contribution in [0.5, 0.6) is 5.75 Å². The van der Waals surface area contributed by atoms with E-state index in [1.165, 1.54) is 0 Å². The van der Waals surface area contributed by atoms with Crippen LogP contribution in [0.25, 0.3) is 0 Å². The van der Waals surface area contributed by atoms with Gasteiger partial charge >= 0.3 is 5.97 Å². The van der Waals surface area contributed by atoms with E-state index in [0.29, 0.717) is 18.4 Å². The third-order valence-electron chi connectivity index (χ3n) is 3.44. The predicted molar refractivity (Wildman–Crippen MR) is 69.5 cm³/mol. The summed E-state index contributed by atoms with van der Waals surface area (Å²) in [6.45, 7) is 3.71. The molecule has 1 amide bonds. The maximum absolute atomic E-state index is 12.1. The van der Waals surface area contributed by atoms with Crippen LogP contribution in [0.1, 0.15) is 34.3 Å². The number of hydrogen-bond acceptors (Lipinski definition) is 3. The Kier molecular flexibility index (Phi) is 3.22. The van der Waals surface area contributed by atoms with Crippen molar-refractivity contribution in [1.29, 1.82) is 0 Å². The van der Waals surface area contributed by atoms with Crippen LogP contribution in [0, 0.1) is 13.8 Å². The predicted octanol–water partition coefficient (Wildman–Crippen LogP) is 1.66. The lowest BCUT2D eigenvalue weighted by atomic mass is 10.0. The zero-order valence-electron chi connectivity index (χ0n) is 11.2. The number of benzene rings is 1. The maximum atomic E-state index is 12.1. The molecule has 0 unspecified atom stereocenters. The average molecular weight is 263 g/mol. The highest BCUT2D eigenvalue weighted by Gasteiger charge is 2.51. The molecule has 0 saturated heterocycles. The molecular formula is C14H17NO4. The molecule has 1 fully saturated rings. The van der Waals surface area contributed by atoms with E-state index >= 15 is 0 Å². The quantitative estimate of drug-likeness (QED) is 0.866. The second-order valence-electron chi connectivity index (χ2n) is 4.98. The Morgan fingerprint density at radius 1 is 1.26 bits per heavy atom. The molecule has 1 aromatic carbocycles. The van der Waals surface area contributed by atoms with Crippen LogP contribution >= 0.6 is 0 Å². The molecule has 0 bridgehead atoms. The van der Waals surface area contributed by atoms with Crippen molar-refractivity contribution in [2.24, 2.45) is 0 Å². The number of methoxy groups -OCH3 is 1. The van der Waals surface area contributed by atoms with E-state index in [1.54, 1.807) is 19.2 Å². The van der Waals surface area contributed by atoms with E-state index < -0.39 is 11.5 Å². The summed E-state index contributed by atoms with van der Waals surface area (Å²) in [6, 6.07) is 3.41. The lowest BCUT2D eigenvalue weighted by Crippen LogP contribution is -2.43. The monoisotopic (exact) mass is 263 g/mol. The number of carboxylic acids is 1. The van der Waals surface area contributed by atoms with E-state index in [1.807, 2.05) is 13.8 Å². The smallest absolute Gasteiger partial charge is 0.329 e. The van der Waals surface area contributed by atoms with Crippen molar-refractivity contribution in [1.82, 2.24) is 5.32 Å². The van der Waals surface area contributed by atoms with Gasteiger partial charge in [0.15, 0.2) is 0 Å². The molecule has 2 rings (SSSR count). The number of hydrogen-bond donors (Lipinski definition) is 2. The first-order valence-electron chi connectivity index (χ1n) is 6.11. The Hall–Kier alpha value is -2.04. The molecule has 5 heteroatoms. The van der Waals surface area contributed by atoms with Crippen LogP contribution in [0.3, 0.4) is 0 Å². The molecule has 0 atom stereocenters. The van der Waals surface area contributed by atoms with Crippen molar-refractivity contribution < 1.29 is 19.4 Å². The van der Waals surface area contributed by atoms with Crippen molar-refractivity contribution in [3.8, 4) is 5.75 Å². The van der Waals surface area contributed by atoms with Crippen molar-refractivity contribution in [2.75, 3.05) is 7.11 Å². The van der Waals surface area contributed by atoms with Gasteiger partial charge < -0.3 is 15.2 Å². The highest BCUT2D eigenvalue weighted by Crippen LogP contribution is 2.36. The zero-order chi connectivity index (χ0) is 14.2. The summed E-state index contributed by atoms with van der Waals surface area (Å²) in [5.74, 6) is -0.576. The molecule has 5 nitrogen and oxygen atoms in total. The molecule has 1 aliphatic rings. The largest absolute Gasteiger partial charge is 0.496 e. The molecule has 0 spiro atoms. The first kappa shape index (κ1) is 13.4. The molecule has 2 N–H and O–H groups in total. The van der Waals surface area contributed by atoms with Crippen molar-refractivity contribution in [3.05, 3.63) is 28.8 Å². The number of carbonyl (C=O) groups excluding carboxylic acids is 1. The SMILES string of the molecule is COc1c(C)cc(C(=O)NC2(C(=O)O)CC2)cc1C. The molecular weight excluding hydrogens is 246 g/mol. The molecule has 102 valence electrons. The van der Waals surface area contributed by atoms with E-state index in [-0.39, 0.29) is 5.91 Å². The van der Waals surface area contributed by atoms with Crippen molar-refractivity contribution >= 4 is 11.9 Å². The molecule has 1 saturated carbocycles. The number of aliphatic carboxylic acids is 1. The van der Waals surface area contributed by atoms with Gasteiger partial charge in [0.1, 0.15) is 11.3 Å². The fourth-order valence-corrected chi connectivity index (χ4v) is 2.21. The zero-order valence-corrected chi connectivity index (χ0v) is 11.2. The Labute approximate surface area is 111 Å². The fourth-order valence-electron chi connectivity index (χ4n) is 2.21. The number of amides is 1. The van der Waals surface area contributed by atoms with Crippen molar-refractivity contribution in [2.45, 2.75) is 32.2 Å². The lowest BCUT2D eigenvalue weighted by molar-refractivity contribution is -0.140. The molecule has 0 aliphatic heterocycles. The second-order valence-corrected chi connectivity index (χ2v) is 4.98. The van der Waals surface area contributed by atoms with Gasteiger partial charge in [-0.25, -0.2) is 4.79 Å².